The lowest BCUT2D eigenvalue weighted by atomic mass is 9.33. The first-order valence-electron chi connectivity index (χ1n) is 13.5. The van der Waals surface area contributed by atoms with Crippen LogP contribution in [0, 0.1) is 44.8 Å². The Morgan fingerprint density at radius 1 is 0.903 bits per heavy atom. The van der Waals surface area contributed by atoms with Crippen LogP contribution in [0.3, 0.4) is 0 Å². The molecule has 0 aromatic rings. The number of carbonyl (C=O) groups excluding carboxylic acids is 1. The first-order chi connectivity index (χ1) is 14.3. The molecule has 0 aliphatic heterocycles. The Bertz CT molecular complexity index is 760. The molecule has 31 heavy (non-hydrogen) atoms. The maximum Gasteiger partial charge on any atom is 0.136 e. The van der Waals surface area contributed by atoms with Gasteiger partial charge in [0.25, 0.3) is 0 Å². The zero-order chi connectivity index (χ0) is 22.9. The lowest BCUT2D eigenvalue weighted by molar-refractivity contribution is -0.225. The fourth-order valence-corrected chi connectivity index (χ4v) is 9.93. The molecular formula is C30H50O. The minimum Gasteiger partial charge on any atom is -0.299 e. The first-order valence-corrected chi connectivity index (χ1v) is 13.5. The van der Waals surface area contributed by atoms with E-state index in [4.69, 9.17) is 0 Å². The summed E-state index contributed by atoms with van der Waals surface area (Å²) in [5.74, 6) is 2.37. The molecule has 4 rings (SSSR count). The van der Waals surface area contributed by atoms with E-state index in [0.29, 0.717) is 27.4 Å². The highest BCUT2D eigenvalue weighted by atomic mass is 16.1. The van der Waals surface area contributed by atoms with E-state index in [1.54, 1.807) is 0 Å². The SMILES string of the molecule is CC(C)=CCC[C@]1(C)CC[C@]2(C)[C@@H]3CC[C@@]4(C)[C@H](CCC(=O)[C@H]4C)[C@]3(C)CC[C@]2(C)C1. The molecule has 0 bridgehead atoms. The lowest BCUT2D eigenvalue weighted by Gasteiger charge is -2.72. The molecule has 8 atom stereocenters. The van der Waals surface area contributed by atoms with E-state index < -0.39 is 0 Å². The Labute approximate surface area is 193 Å². The van der Waals surface area contributed by atoms with E-state index in [2.05, 4.69) is 61.5 Å². The van der Waals surface area contributed by atoms with Gasteiger partial charge >= 0.3 is 0 Å². The van der Waals surface area contributed by atoms with Gasteiger partial charge in [-0.05, 0) is 117 Å². The van der Waals surface area contributed by atoms with Gasteiger partial charge in [-0.25, -0.2) is 0 Å². The summed E-state index contributed by atoms with van der Waals surface area (Å²) in [5, 5.41) is 0. The highest BCUT2D eigenvalue weighted by Crippen LogP contribution is 2.75. The standard InChI is InChI=1S/C30H50O/c1-21(2)10-9-14-26(4)16-19-30(8)25-13-15-28(6)22(3)23(31)11-12-24(28)29(25,7)18-17-27(30,5)20-26/h10,22,24-25H,9,11-20H2,1-8H3/t22-,24+,25-,26-,27-,28-,29+,30-/m1/s1. The van der Waals surface area contributed by atoms with Crippen LogP contribution in [0.1, 0.15) is 126 Å². The average Bonchev–Trinajstić information content (AvgIpc) is 2.67. The maximum absolute atomic E-state index is 12.7. The Balaban J connectivity index is 1.61. The van der Waals surface area contributed by atoms with Crippen molar-refractivity contribution in [2.24, 2.45) is 44.8 Å². The number of allylic oxidation sites excluding steroid dienone is 2. The highest BCUT2D eigenvalue weighted by molar-refractivity contribution is 5.82. The van der Waals surface area contributed by atoms with Crippen LogP contribution in [0.15, 0.2) is 11.6 Å². The molecule has 0 unspecified atom stereocenters. The van der Waals surface area contributed by atoms with Crippen LogP contribution in [-0.2, 0) is 4.79 Å². The third-order valence-electron chi connectivity index (χ3n) is 12.2. The van der Waals surface area contributed by atoms with Crippen molar-refractivity contribution in [1.29, 1.82) is 0 Å². The quantitative estimate of drug-likeness (QED) is 0.412. The third kappa shape index (κ3) is 3.42. The van der Waals surface area contributed by atoms with Gasteiger partial charge in [0.05, 0.1) is 0 Å². The summed E-state index contributed by atoms with van der Waals surface area (Å²) in [5.41, 5.74) is 3.56. The van der Waals surface area contributed by atoms with Crippen LogP contribution in [0.4, 0.5) is 0 Å². The van der Waals surface area contributed by atoms with E-state index >= 15 is 0 Å². The second-order valence-corrected chi connectivity index (χ2v) is 14.2. The lowest BCUT2D eigenvalue weighted by Crippen LogP contribution is -2.64. The average molecular weight is 427 g/mol. The van der Waals surface area contributed by atoms with E-state index in [0.717, 1.165) is 24.7 Å². The molecular weight excluding hydrogens is 376 g/mol. The van der Waals surface area contributed by atoms with Crippen LogP contribution >= 0.6 is 0 Å². The zero-order valence-corrected chi connectivity index (χ0v) is 22.0. The summed E-state index contributed by atoms with van der Waals surface area (Å²) < 4.78 is 0. The summed E-state index contributed by atoms with van der Waals surface area (Å²) in [6.07, 6.45) is 16.7. The maximum atomic E-state index is 12.7. The number of rotatable bonds is 3. The van der Waals surface area contributed by atoms with Gasteiger partial charge < -0.3 is 0 Å². The number of Topliss-reactive ketones (excluding diaryl/α,β-unsaturated/α-hetero) is 1. The summed E-state index contributed by atoms with van der Waals surface area (Å²) in [4.78, 5) is 12.7. The summed E-state index contributed by atoms with van der Waals surface area (Å²) in [6, 6.07) is 0. The van der Waals surface area contributed by atoms with Crippen LogP contribution < -0.4 is 0 Å². The van der Waals surface area contributed by atoms with Gasteiger partial charge in [0.2, 0.25) is 0 Å². The largest absolute Gasteiger partial charge is 0.299 e. The van der Waals surface area contributed by atoms with E-state index in [9.17, 15) is 4.79 Å². The Hall–Kier alpha value is -0.590. The minimum atomic E-state index is 0.234. The van der Waals surface area contributed by atoms with Crippen molar-refractivity contribution in [3.8, 4) is 0 Å². The van der Waals surface area contributed by atoms with Crippen LogP contribution in [0.2, 0.25) is 0 Å². The van der Waals surface area contributed by atoms with Crippen molar-refractivity contribution in [1.82, 2.24) is 0 Å². The van der Waals surface area contributed by atoms with Gasteiger partial charge in [-0.3, -0.25) is 4.79 Å². The Morgan fingerprint density at radius 2 is 1.61 bits per heavy atom. The molecule has 0 saturated heterocycles. The number of carbonyl (C=O) groups is 1. The molecule has 4 aliphatic rings. The molecule has 0 aromatic heterocycles. The number of ketones is 1. The normalized spacial score (nSPS) is 52.0. The molecule has 0 radical (unpaired) electrons. The third-order valence-corrected chi connectivity index (χ3v) is 12.2. The molecule has 176 valence electrons. The molecule has 1 nitrogen and oxygen atoms in total. The molecule has 4 aliphatic carbocycles. The fourth-order valence-electron chi connectivity index (χ4n) is 9.93. The number of fused-ring (bicyclic) bond motifs is 5. The summed E-state index contributed by atoms with van der Waals surface area (Å²) in [6.45, 7) is 19.8. The monoisotopic (exact) mass is 426 g/mol. The van der Waals surface area contributed by atoms with Crippen LogP contribution in [-0.4, -0.2) is 5.78 Å². The van der Waals surface area contributed by atoms with Crippen molar-refractivity contribution >= 4 is 5.78 Å². The Kier molecular flexibility index (Phi) is 5.67. The van der Waals surface area contributed by atoms with Crippen molar-refractivity contribution < 1.29 is 4.79 Å². The summed E-state index contributed by atoms with van der Waals surface area (Å²) >= 11 is 0. The molecule has 1 heteroatoms. The fraction of sp³-hybridized carbons (Fsp3) is 0.900. The highest BCUT2D eigenvalue weighted by Gasteiger charge is 2.67. The van der Waals surface area contributed by atoms with Gasteiger partial charge in [-0.15, -0.1) is 0 Å². The van der Waals surface area contributed by atoms with Crippen LogP contribution in [0.25, 0.3) is 0 Å². The predicted octanol–water partition coefficient (Wildman–Crippen LogP) is 8.77. The Morgan fingerprint density at radius 3 is 2.29 bits per heavy atom. The van der Waals surface area contributed by atoms with Crippen molar-refractivity contribution in [2.45, 2.75) is 126 Å². The van der Waals surface area contributed by atoms with Crippen molar-refractivity contribution in [3.05, 3.63) is 11.6 Å². The minimum absolute atomic E-state index is 0.234. The van der Waals surface area contributed by atoms with Gasteiger partial charge in [0.1, 0.15) is 5.78 Å². The molecule has 4 saturated carbocycles. The molecule has 0 spiro atoms. The topological polar surface area (TPSA) is 17.1 Å². The molecule has 0 aromatic carbocycles. The van der Waals surface area contributed by atoms with E-state index in [1.807, 2.05) is 0 Å². The van der Waals surface area contributed by atoms with Crippen molar-refractivity contribution in [2.75, 3.05) is 0 Å². The van der Waals surface area contributed by atoms with Gasteiger partial charge in [0, 0.05) is 12.3 Å². The van der Waals surface area contributed by atoms with Crippen molar-refractivity contribution in [3.63, 3.8) is 0 Å². The second-order valence-electron chi connectivity index (χ2n) is 14.2. The second kappa shape index (κ2) is 7.46. The smallest absolute Gasteiger partial charge is 0.136 e. The number of hydrogen-bond acceptors (Lipinski definition) is 1. The molecule has 0 N–H and O–H groups in total. The van der Waals surface area contributed by atoms with E-state index in [-0.39, 0.29) is 11.3 Å². The van der Waals surface area contributed by atoms with Gasteiger partial charge in [-0.1, -0.05) is 53.2 Å². The first kappa shape index (κ1) is 23.6. The predicted molar refractivity (Wildman–Crippen MR) is 132 cm³/mol. The number of hydrogen-bond donors (Lipinski definition) is 0. The molecule has 4 fully saturated rings. The van der Waals surface area contributed by atoms with Gasteiger partial charge in [0.15, 0.2) is 0 Å². The van der Waals surface area contributed by atoms with Crippen LogP contribution in [0.5, 0.6) is 0 Å². The van der Waals surface area contributed by atoms with Gasteiger partial charge in [-0.2, -0.15) is 0 Å². The molecule has 0 amide bonds. The zero-order valence-electron chi connectivity index (χ0n) is 22.0. The van der Waals surface area contributed by atoms with E-state index in [1.165, 1.54) is 63.4 Å². The molecule has 0 heterocycles. The summed E-state index contributed by atoms with van der Waals surface area (Å²) in [7, 11) is 0.